The summed E-state index contributed by atoms with van der Waals surface area (Å²) in [5, 5.41) is 5.64. The van der Waals surface area contributed by atoms with E-state index in [0.717, 1.165) is 11.3 Å². The Morgan fingerprint density at radius 2 is 1.83 bits per heavy atom. The van der Waals surface area contributed by atoms with Crippen LogP contribution in [0.2, 0.25) is 0 Å². The lowest BCUT2D eigenvalue weighted by molar-refractivity contribution is -0.135. The van der Waals surface area contributed by atoms with E-state index in [1.54, 1.807) is 25.1 Å². The van der Waals surface area contributed by atoms with Gasteiger partial charge in [-0.2, -0.15) is 0 Å². The number of imide groups is 1. The molecule has 0 bridgehead atoms. The third-order valence-corrected chi connectivity index (χ3v) is 4.98. The predicted molar refractivity (Wildman–Crippen MR) is 106 cm³/mol. The van der Waals surface area contributed by atoms with Gasteiger partial charge in [-0.25, -0.2) is 4.79 Å². The van der Waals surface area contributed by atoms with Crippen molar-refractivity contribution in [3.8, 4) is 11.5 Å². The molecule has 0 spiro atoms. The smallest absolute Gasteiger partial charge is 0.325 e. The normalized spacial score (nSPS) is 21.4. The zero-order chi connectivity index (χ0) is 21.6. The average Bonchev–Trinajstić information content (AvgIpc) is 3.10. The number of hydrogen-bond donors (Lipinski definition) is 2. The fourth-order valence-corrected chi connectivity index (χ4v) is 4.17. The summed E-state index contributed by atoms with van der Waals surface area (Å²) >= 11 is 0. The molecule has 3 rings (SSSR count). The number of carbonyl (C=O) groups is 3. The van der Waals surface area contributed by atoms with Gasteiger partial charge in [-0.05, 0) is 50.3 Å². The van der Waals surface area contributed by atoms with Gasteiger partial charge in [0.2, 0.25) is 12.7 Å². The maximum absolute atomic E-state index is 13.1. The van der Waals surface area contributed by atoms with E-state index in [9.17, 15) is 14.4 Å². The van der Waals surface area contributed by atoms with Gasteiger partial charge in [-0.15, -0.1) is 0 Å². The molecule has 2 aliphatic heterocycles. The van der Waals surface area contributed by atoms with Gasteiger partial charge in [0.1, 0.15) is 12.1 Å². The Morgan fingerprint density at radius 3 is 2.48 bits per heavy atom. The predicted octanol–water partition coefficient (Wildman–Crippen LogP) is 2.51. The van der Waals surface area contributed by atoms with Gasteiger partial charge in [0.25, 0.3) is 5.91 Å². The summed E-state index contributed by atoms with van der Waals surface area (Å²) < 4.78 is 10.7. The maximum atomic E-state index is 13.1. The van der Waals surface area contributed by atoms with Crippen molar-refractivity contribution in [1.82, 2.24) is 15.5 Å². The van der Waals surface area contributed by atoms with Crippen molar-refractivity contribution in [1.29, 1.82) is 0 Å². The molecular weight excluding hydrogens is 374 g/mol. The first-order chi connectivity index (χ1) is 13.3. The van der Waals surface area contributed by atoms with Crippen LogP contribution in [0.1, 0.15) is 53.5 Å². The van der Waals surface area contributed by atoms with E-state index >= 15 is 0 Å². The van der Waals surface area contributed by atoms with E-state index in [4.69, 9.17) is 9.47 Å². The second-order valence-electron chi connectivity index (χ2n) is 9.68. The number of amides is 4. The number of carbonyl (C=O) groups excluding carboxylic acids is 3. The van der Waals surface area contributed by atoms with Gasteiger partial charge < -0.3 is 20.1 Å². The van der Waals surface area contributed by atoms with Crippen LogP contribution in [-0.4, -0.2) is 41.6 Å². The maximum Gasteiger partial charge on any atom is 0.325 e. The lowest BCUT2D eigenvalue weighted by atomic mass is 9.82. The van der Waals surface area contributed by atoms with E-state index in [0.29, 0.717) is 17.1 Å². The van der Waals surface area contributed by atoms with Crippen LogP contribution in [0.4, 0.5) is 4.79 Å². The molecule has 2 heterocycles. The Bertz CT molecular complexity index is 858. The van der Waals surface area contributed by atoms with E-state index in [2.05, 4.69) is 31.4 Å². The number of nitrogens with zero attached hydrogens (tertiary/aromatic N) is 1. The number of fused-ring (bicyclic) bond motifs is 1. The number of rotatable bonds is 5. The molecular formula is C21H29N3O5. The van der Waals surface area contributed by atoms with Crippen LogP contribution in [0.5, 0.6) is 11.5 Å². The van der Waals surface area contributed by atoms with Crippen LogP contribution < -0.4 is 20.1 Å². The van der Waals surface area contributed by atoms with Crippen molar-refractivity contribution in [2.24, 2.45) is 5.41 Å². The Hall–Kier alpha value is -2.77. The fourth-order valence-electron chi connectivity index (χ4n) is 4.17. The van der Waals surface area contributed by atoms with Crippen LogP contribution in [0.3, 0.4) is 0 Å². The Kier molecular flexibility index (Phi) is 5.01. The number of ether oxygens (including phenoxy) is 2. The minimum absolute atomic E-state index is 0.0234. The van der Waals surface area contributed by atoms with Crippen molar-refractivity contribution in [3.63, 3.8) is 0 Å². The van der Waals surface area contributed by atoms with Crippen LogP contribution in [0, 0.1) is 5.41 Å². The topological polar surface area (TPSA) is 97.0 Å². The van der Waals surface area contributed by atoms with Crippen molar-refractivity contribution in [2.75, 3.05) is 13.3 Å². The van der Waals surface area contributed by atoms with E-state index in [1.807, 2.05) is 13.8 Å². The van der Waals surface area contributed by atoms with Crippen molar-refractivity contribution in [3.05, 3.63) is 23.8 Å². The summed E-state index contributed by atoms with van der Waals surface area (Å²) in [6.07, 6.45) is 0.751. The quantitative estimate of drug-likeness (QED) is 0.737. The molecule has 0 saturated carbocycles. The third-order valence-electron chi connectivity index (χ3n) is 4.98. The molecule has 0 aromatic heterocycles. The second kappa shape index (κ2) is 6.93. The molecule has 1 aromatic rings. The second-order valence-corrected chi connectivity index (χ2v) is 9.68. The van der Waals surface area contributed by atoms with Crippen molar-refractivity contribution >= 4 is 17.8 Å². The third kappa shape index (κ3) is 4.31. The lowest BCUT2D eigenvalue weighted by Gasteiger charge is -2.33. The van der Waals surface area contributed by atoms with Crippen LogP contribution in [-0.2, 0) is 15.1 Å². The first-order valence-corrected chi connectivity index (χ1v) is 9.66. The molecule has 158 valence electrons. The number of hydrogen-bond acceptors (Lipinski definition) is 5. The molecule has 8 nitrogen and oxygen atoms in total. The van der Waals surface area contributed by atoms with Gasteiger partial charge >= 0.3 is 6.03 Å². The largest absolute Gasteiger partial charge is 0.454 e. The summed E-state index contributed by atoms with van der Waals surface area (Å²) in [7, 11) is 0. The van der Waals surface area contributed by atoms with Crippen LogP contribution >= 0.6 is 0 Å². The molecule has 2 aliphatic rings. The molecule has 1 atom stereocenters. The van der Waals surface area contributed by atoms with Crippen molar-refractivity contribution < 1.29 is 23.9 Å². The molecule has 0 radical (unpaired) electrons. The molecule has 1 fully saturated rings. The first kappa shape index (κ1) is 21.0. The summed E-state index contributed by atoms with van der Waals surface area (Å²) in [6, 6.07) is 4.49. The zero-order valence-electron chi connectivity index (χ0n) is 17.8. The standard InChI is InChI=1S/C21H29N3O5/c1-19(2,3)11-20(4,5)22-16(25)10-24-17(26)21(6,23-18(24)27)13-7-8-14-15(9-13)29-12-28-14/h7-9H,10-12H2,1-6H3,(H,22,25)(H,23,27)/t21-/m1/s1. The van der Waals surface area contributed by atoms with E-state index in [-0.39, 0.29) is 24.7 Å². The number of nitrogens with one attached hydrogen (secondary N) is 2. The zero-order valence-corrected chi connectivity index (χ0v) is 17.8. The molecule has 2 N–H and O–H groups in total. The van der Waals surface area contributed by atoms with Crippen LogP contribution in [0.15, 0.2) is 18.2 Å². The minimum Gasteiger partial charge on any atom is -0.454 e. The molecule has 0 aliphatic carbocycles. The summed E-state index contributed by atoms with van der Waals surface area (Å²) in [5.74, 6) is 0.250. The van der Waals surface area contributed by atoms with E-state index in [1.165, 1.54) is 0 Å². The highest BCUT2D eigenvalue weighted by molar-refractivity contribution is 6.09. The monoisotopic (exact) mass is 403 g/mol. The highest BCUT2D eigenvalue weighted by Crippen LogP contribution is 2.37. The molecule has 1 aromatic carbocycles. The average molecular weight is 403 g/mol. The summed E-state index contributed by atoms with van der Waals surface area (Å²) in [6.45, 7) is 11.5. The Morgan fingerprint density at radius 1 is 1.17 bits per heavy atom. The molecule has 29 heavy (non-hydrogen) atoms. The molecule has 0 unspecified atom stereocenters. The van der Waals surface area contributed by atoms with Gasteiger partial charge in [-0.3, -0.25) is 14.5 Å². The van der Waals surface area contributed by atoms with Gasteiger partial charge in [0, 0.05) is 5.54 Å². The highest BCUT2D eigenvalue weighted by Gasteiger charge is 2.50. The SMILES string of the molecule is CC(C)(C)CC(C)(C)NC(=O)CN1C(=O)N[C@](C)(c2ccc3c(c2)OCO3)C1=O. The van der Waals surface area contributed by atoms with Gasteiger partial charge in [0.05, 0.1) is 0 Å². The molecule has 1 saturated heterocycles. The van der Waals surface area contributed by atoms with Crippen LogP contribution in [0.25, 0.3) is 0 Å². The van der Waals surface area contributed by atoms with Gasteiger partial charge in [0.15, 0.2) is 11.5 Å². The number of benzene rings is 1. The Balaban J connectivity index is 1.73. The summed E-state index contributed by atoms with van der Waals surface area (Å²) in [4.78, 5) is 39.1. The summed E-state index contributed by atoms with van der Waals surface area (Å²) in [5.41, 5.74) is -1.15. The first-order valence-electron chi connectivity index (χ1n) is 9.66. The lowest BCUT2D eigenvalue weighted by Crippen LogP contribution is -2.50. The van der Waals surface area contributed by atoms with Gasteiger partial charge in [-0.1, -0.05) is 26.8 Å². The molecule has 4 amide bonds. The highest BCUT2D eigenvalue weighted by atomic mass is 16.7. The minimum atomic E-state index is -1.28. The fraction of sp³-hybridized carbons (Fsp3) is 0.571. The van der Waals surface area contributed by atoms with E-state index < -0.39 is 23.0 Å². The number of urea groups is 1. The Labute approximate surface area is 170 Å². The van der Waals surface area contributed by atoms with Crippen molar-refractivity contribution in [2.45, 2.75) is 59.0 Å². The molecule has 8 heteroatoms.